The number of anilines is 1. The molecule has 7 nitrogen and oxygen atoms in total. The number of carbonyl (C=O) groups excluding carboxylic acids is 1. The van der Waals surface area contributed by atoms with Gasteiger partial charge in [-0.3, -0.25) is 4.79 Å². The van der Waals surface area contributed by atoms with Gasteiger partial charge in [0, 0.05) is 31.7 Å². The van der Waals surface area contributed by atoms with E-state index in [0.29, 0.717) is 31.0 Å². The van der Waals surface area contributed by atoms with E-state index in [0.717, 1.165) is 46.5 Å². The number of aromatic nitrogens is 2. The molecule has 0 N–H and O–H groups in total. The molecule has 1 aromatic heterocycles. The molecule has 4 aromatic rings. The van der Waals surface area contributed by atoms with Crippen molar-refractivity contribution >= 4 is 22.5 Å². The summed E-state index contributed by atoms with van der Waals surface area (Å²) < 4.78 is 10.7. The Hall–Kier alpha value is -4.13. The summed E-state index contributed by atoms with van der Waals surface area (Å²) in [5.74, 6) is 2.31. The molecule has 0 aliphatic carbocycles. The largest absolute Gasteiger partial charge is 0.493 e. The predicted molar refractivity (Wildman–Crippen MR) is 137 cm³/mol. The number of benzene rings is 3. The van der Waals surface area contributed by atoms with Gasteiger partial charge in [-0.1, -0.05) is 42.5 Å². The second-order valence-electron chi connectivity index (χ2n) is 8.53. The maximum Gasteiger partial charge on any atom is 0.227 e. The Kier molecular flexibility index (Phi) is 6.48. The quantitative estimate of drug-likeness (QED) is 0.422. The number of hydrogen-bond acceptors (Lipinski definition) is 6. The lowest BCUT2D eigenvalue weighted by atomic mass is 10.0. The molecule has 7 heteroatoms. The van der Waals surface area contributed by atoms with Gasteiger partial charge in [-0.2, -0.15) is 0 Å². The minimum Gasteiger partial charge on any atom is -0.493 e. The average molecular weight is 469 g/mol. The number of carbonyl (C=O) groups is 1. The van der Waals surface area contributed by atoms with Gasteiger partial charge in [0.25, 0.3) is 0 Å². The first-order valence-electron chi connectivity index (χ1n) is 11.7. The van der Waals surface area contributed by atoms with Gasteiger partial charge in [-0.05, 0) is 46.7 Å². The minimum absolute atomic E-state index is 0.163. The smallest absolute Gasteiger partial charge is 0.227 e. The second-order valence-corrected chi connectivity index (χ2v) is 8.53. The van der Waals surface area contributed by atoms with Crippen LogP contribution in [-0.4, -0.2) is 61.4 Å². The second kappa shape index (κ2) is 10.0. The Morgan fingerprint density at radius 1 is 0.829 bits per heavy atom. The van der Waals surface area contributed by atoms with Crippen LogP contribution in [0.25, 0.3) is 22.0 Å². The Balaban J connectivity index is 1.21. The molecule has 35 heavy (non-hydrogen) atoms. The molecule has 1 fully saturated rings. The van der Waals surface area contributed by atoms with Gasteiger partial charge in [-0.15, -0.1) is 10.2 Å². The first kappa shape index (κ1) is 22.7. The van der Waals surface area contributed by atoms with E-state index in [4.69, 9.17) is 9.47 Å². The van der Waals surface area contributed by atoms with Crippen molar-refractivity contribution in [1.82, 2.24) is 15.1 Å². The summed E-state index contributed by atoms with van der Waals surface area (Å²) in [6.45, 7) is 2.79. The summed E-state index contributed by atoms with van der Waals surface area (Å²) in [6.07, 6.45) is 0.418. The lowest BCUT2D eigenvalue weighted by Gasteiger charge is -2.35. The molecule has 5 rings (SSSR count). The highest BCUT2D eigenvalue weighted by Crippen LogP contribution is 2.31. The van der Waals surface area contributed by atoms with Gasteiger partial charge in [-0.25, -0.2) is 0 Å². The average Bonchev–Trinajstić information content (AvgIpc) is 2.93. The first-order valence-corrected chi connectivity index (χ1v) is 11.7. The molecular formula is C28H28N4O3. The van der Waals surface area contributed by atoms with Gasteiger partial charge >= 0.3 is 0 Å². The fourth-order valence-electron chi connectivity index (χ4n) is 4.55. The molecule has 0 spiro atoms. The first-order chi connectivity index (χ1) is 17.2. The topological polar surface area (TPSA) is 67.8 Å². The number of methoxy groups -OCH3 is 2. The SMILES string of the molecule is COc1ccc(-c2ccc(N3CCN(C(=O)Cc4cccc5ccccc45)CC3)nn2)cc1OC. The molecular weight excluding hydrogens is 440 g/mol. The molecule has 2 heterocycles. The number of hydrogen-bond donors (Lipinski definition) is 0. The zero-order chi connectivity index (χ0) is 24.2. The van der Waals surface area contributed by atoms with E-state index in [2.05, 4.69) is 33.3 Å². The van der Waals surface area contributed by atoms with Crippen molar-refractivity contribution in [3.8, 4) is 22.8 Å². The number of rotatable bonds is 6. The summed E-state index contributed by atoms with van der Waals surface area (Å²) in [4.78, 5) is 17.1. The van der Waals surface area contributed by atoms with Crippen molar-refractivity contribution in [2.24, 2.45) is 0 Å². The third-order valence-electron chi connectivity index (χ3n) is 6.51. The van der Waals surface area contributed by atoms with Crippen molar-refractivity contribution in [2.75, 3.05) is 45.3 Å². The van der Waals surface area contributed by atoms with Crippen LogP contribution in [0.4, 0.5) is 5.82 Å². The van der Waals surface area contributed by atoms with E-state index in [9.17, 15) is 4.79 Å². The fraction of sp³-hybridized carbons (Fsp3) is 0.250. The molecule has 1 amide bonds. The molecule has 0 atom stereocenters. The minimum atomic E-state index is 0.163. The number of nitrogens with zero attached hydrogens (tertiary/aromatic N) is 4. The molecule has 1 saturated heterocycles. The van der Waals surface area contributed by atoms with Crippen molar-refractivity contribution < 1.29 is 14.3 Å². The summed E-state index contributed by atoms with van der Waals surface area (Å²) in [6, 6.07) is 24.0. The van der Waals surface area contributed by atoms with E-state index >= 15 is 0 Å². The van der Waals surface area contributed by atoms with Crippen LogP contribution in [0.3, 0.4) is 0 Å². The number of ether oxygens (including phenoxy) is 2. The van der Waals surface area contributed by atoms with Gasteiger partial charge in [0.1, 0.15) is 0 Å². The number of fused-ring (bicyclic) bond motifs is 1. The zero-order valence-corrected chi connectivity index (χ0v) is 20.0. The van der Waals surface area contributed by atoms with Crippen LogP contribution in [0, 0.1) is 0 Å². The Labute approximate surface area is 204 Å². The van der Waals surface area contributed by atoms with Crippen LogP contribution in [0.1, 0.15) is 5.56 Å². The van der Waals surface area contributed by atoms with Gasteiger partial charge < -0.3 is 19.3 Å². The molecule has 178 valence electrons. The highest BCUT2D eigenvalue weighted by Gasteiger charge is 2.23. The Morgan fingerprint density at radius 2 is 1.60 bits per heavy atom. The van der Waals surface area contributed by atoms with Crippen LogP contribution in [0.2, 0.25) is 0 Å². The van der Waals surface area contributed by atoms with Gasteiger partial charge in [0.2, 0.25) is 5.91 Å². The van der Waals surface area contributed by atoms with E-state index in [-0.39, 0.29) is 5.91 Å². The number of piperazine rings is 1. The summed E-state index contributed by atoms with van der Waals surface area (Å²) in [7, 11) is 3.23. The lowest BCUT2D eigenvalue weighted by Crippen LogP contribution is -2.49. The Morgan fingerprint density at radius 3 is 2.34 bits per heavy atom. The molecule has 1 aliphatic rings. The highest BCUT2D eigenvalue weighted by atomic mass is 16.5. The fourth-order valence-corrected chi connectivity index (χ4v) is 4.55. The van der Waals surface area contributed by atoms with E-state index < -0.39 is 0 Å². The van der Waals surface area contributed by atoms with Crippen molar-refractivity contribution in [3.05, 3.63) is 78.4 Å². The van der Waals surface area contributed by atoms with Crippen LogP contribution >= 0.6 is 0 Å². The van der Waals surface area contributed by atoms with E-state index in [1.807, 2.05) is 59.5 Å². The zero-order valence-electron chi connectivity index (χ0n) is 20.0. The summed E-state index contributed by atoms with van der Waals surface area (Å²) in [5, 5.41) is 11.2. The lowest BCUT2D eigenvalue weighted by molar-refractivity contribution is -0.130. The molecule has 0 unspecified atom stereocenters. The third-order valence-corrected chi connectivity index (χ3v) is 6.51. The molecule has 0 bridgehead atoms. The van der Waals surface area contributed by atoms with Crippen LogP contribution < -0.4 is 14.4 Å². The third kappa shape index (κ3) is 4.75. The maximum absolute atomic E-state index is 13.0. The van der Waals surface area contributed by atoms with Gasteiger partial charge in [0.05, 0.1) is 26.3 Å². The standard InChI is InChI=1S/C28H28N4O3/c1-34-25-12-10-22(18-26(25)35-2)24-11-13-27(30-29-24)31-14-16-32(17-15-31)28(33)19-21-8-5-7-20-6-3-4-9-23(20)21/h3-13,18H,14-17,19H2,1-2H3. The number of amides is 1. The predicted octanol–water partition coefficient (Wildman–Crippen LogP) is 4.21. The highest BCUT2D eigenvalue weighted by molar-refractivity contribution is 5.90. The van der Waals surface area contributed by atoms with Crippen LogP contribution in [0.5, 0.6) is 11.5 Å². The monoisotopic (exact) mass is 468 g/mol. The molecule has 0 radical (unpaired) electrons. The van der Waals surface area contributed by atoms with Crippen molar-refractivity contribution in [1.29, 1.82) is 0 Å². The van der Waals surface area contributed by atoms with Crippen LogP contribution in [0.15, 0.2) is 72.8 Å². The van der Waals surface area contributed by atoms with E-state index in [1.54, 1.807) is 14.2 Å². The van der Waals surface area contributed by atoms with Crippen LogP contribution in [-0.2, 0) is 11.2 Å². The summed E-state index contributed by atoms with van der Waals surface area (Å²) in [5.41, 5.74) is 2.75. The summed E-state index contributed by atoms with van der Waals surface area (Å²) >= 11 is 0. The van der Waals surface area contributed by atoms with Crippen molar-refractivity contribution in [2.45, 2.75) is 6.42 Å². The maximum atomic E-state index is 13.0. The molecule has 0 saturated carbocycles. The van der Waals surface area contributed by atoms with Gasteiger partial charge in [0.15, 0.2) is 17.3 Å². The molecule has 1 aliphatic heterocycles. The molecule has 3 aromatic carbocycles. The van der Waals surface area contributed by atoms with Crippen molar-refractivity contribution in [3.63, 3.8) is 0 Å². The normalized spacial score (nSPS) is 13.7. The van der Waals surface area contributed by atoms with E-state index in [1.165, 1.54) is 0 Å². The Bertz CT molecular complexity index is 1330.